The fourth-order valence-corrected chi connectivity index (χ4v) is 3.38. The highest BCUT2D eigenvalue weighted by Crippen LogP contribution is 2.24. The zero-order valence-electron chi connectivity index (χ0n) is 14.5. The molecule has 2 amide bonds. The van der Waals surface area contributed by atoms with Crippen LogP contribution in [0, 0.1) is 0 Å². The number of carbonyl (C=O) groups is 2. The average Bonchev–Trinajstić information content (AvgIpc) is 3.16. The summed E-state index contributed by atoms with van der Waals surface area (Å²) in [5, 5.41) is 7.20. The molecule has 1 saturated heterocycles. The number of carbonyl (C=O) groups excluding carboxylic acids is 2. The van der Waals surface area contributed by atoms with E-state index in [0.29, 0.717) is 6.54 Å². The number of rotatable bonds is 5. The average molecular weight is 340 g/mol. The molecule has 6 nitrogen and oxygen atoms in total. The molecule has 1 fully saturated rings. The van der Waals surface area contributed by atoms with E-state index in [-0.39, 0.29) is 30.3 Å². The minimum Gasteiger partial charge on any atom is -0.349 e. The van der Waals surface area contributed by atoms with Crippen LogP contribution in [0.3, 0.4) is 0 Å². The van der Waals surface area contributed by atoms with E-state index in [4.69, 9.17) is 0 Å². The Labute approximate surface area is 147 Å². The second-order valence-corrected chi connectivity index (χ2v) is 6.49. The fourth-order valence-electron chi connectivity index (χ4n) is 3.38. The topological polar surface area (TPSA) is 67.2 Å². The van der Waals surface area contributed by atoms with Gasteiger partial charge in [-0.25, -0.2) is 0 Å². The smallest absolute Gasteiger partial charge is 0.225 e. The molecule has 2 aromatic rings. The Morgan fingerprint density at radius 1 is 1.28 bits per heavy atom. The summed E-state index contributed by atoms with van der Waals surface area (Å²) in [6.07, 6.45) is 5.98. The van der Waals surface area contributed by atoms with E-state index in [0.717, 1.165) is 24.9 Å². The maximum Gasteiger partial charge on any atom is 0.225 e. The van der Waals surface area contributed by atoms with Gasteiger partial charge in [0.25, 0.3) is 0 Å². The highest BCUT2D eigenvalue weighted by Gasteiger charge is 2.27. The Kier molecular flexibility index (Phi) is 5.48. The van der Waals surface area contributed by atoms with E-state index in [9.17, 15) is 9.59 Å². The molecule has 2 heterocycles. The molecule has 0 saturated carbocycles. The summed E-state index contributed by atoms with van der Waals surface area (Å²) in [4.78, 5) is 26.3. The number of benzene rings is 1. The van der Waals surface area contributed by atoms with Crippen LogP contribution in [0.5, 0.6) is 0 Å². The lowest BCUT2D eigenvalue weighted by Gasteiger charge is -2.34. The number of nitrogens with zero attached hydrogens (tertiary/aromatic N) is 3. The van der Waals surface area contributed by atoms with E-state index < -0.39 is 0 Å². The summed E-state index contributed by atoms with van der Waals surface area (Å²) in [6, 6.07) is 11.5. The zero-order chi connectivity index (χ0) is 17.6. The van der Waals surface area contributed by atoms with Crippen LogP contribution in [0.15, 0.2) is 48.8 Å². The molecule has 2 atom stereocenters. The predicted octanol–water partition coefficient (Wildman–Crippen LogP) is 2.31. The Balaban J connectivity index is 1.67. The molecule has 132 valence electrons. The molecule has 0 aliphatic carbocycles. The highest BCUT2D eigenvalue weighted by atomic mass is 16.2. The van der Waals surface area contributed by atoms with Crippen molar-refractivity contribution in [2.45, 2.75) is 38.3 Å². The zero-order valence-corrected chi connectivity index (χ0v) is 14.5. The Bertz CT molecular complexity index is 699. The largest absolute Gasteiger partial charge is 0.349 e. The van der Waals surface area contributed by atoms with Crippen molar-refractivity contribution in [2.24, 2.45) is 0 Å². The van der Waals surface area contributed by atoms with Gasteiger partial charge in [-0.15, -0.1) is 0 Å². The number of hydrogen-bond donors (Lipinski definition) is 1. The Hall–Kier alpha value is -2.63. The molecule has 0 radical (unpaired) electrons. The van der Waals surface area contributed by atoms with E-state index in [1.54, 1.807) is 6.20 Å². The van der Waals surface area contributed by atoms with Gasteiger partial charge in [0.15, 0.2) is 0 Å². The van der Waals surface area contributed by atoms with Gasteiger partial charge in [-0.1, -0.05) is 30.3 Å². The molecule has 6 heteroatoms. The van der Waals surface area contributed by atoms with Gasteiger partial charge in [0.05, 0.1) is 18.5 Å². The van der Waals surface area contributed by atoms with E-state index in [1.165, 1.54) is 6.92 Å². The van der Waals surface area contributed by atoms with Gasteiger partial charge < -0.3 is 10.2 Å². The third kappa shape index (κ3) is 4.47. The van der Waals surface area contributed by atoms with Gasteiger partial charge in [-0.3, -0.25) is 14.3 Å². The van der Waals surface area contributed by atoms with Gasteiger partial charge in [-0.2, -0.15) is 5.10 Å². The Morgan fingerprint density at radius 3 is 2.76 bits per heavy atom. The van der Waals surface area contributed by atoms with Gasteiger partial charge in [0.2, 0.25) is 11.8 Å². The number of nitrogens with one attached hydrogen (secondary N) is 1. The normalized spacial score (nSPS) is 18.6. The minimum absolute atomic E-state index is 0.0689. The number of amides is 2. The van der Waals surface area contributed by atoms with Crippen LogP contribution in [0.25, 0.3) is 0 Å². The second kappa shape index (κ2) is 7.96. The van der Waals surface area contributed by atoms with Crippen molar-refractivity contribution in [1.82, 2.24) is 20.0 Å². The maximum absolute atomic E-state index is 12.8. The molecule has 0 bridgehead atoms. The first-order chi connectivity index (χ1) is 12.1. The first-order valence-corrected chi connectivity index (χ1v) is 8.72. The molecule has 1 aromatic heterocycles. The van der Waals surface area contributed by atoms with Crippen molar-refractivity contribution >= 4 is 11.8 Å². The molecule has 1 aliphatic rings. The summed E-state index contributed by atoms with van der Waals surface area (Å²) < 4.78 is 1.93. The summed E-state index contributed by atoms with van der Waals surface area (Å²) in [6.45, 7) is 2.91. The number of hydrogen-bond acceptors (Lipinski definition) is 3. The van der Waals surface area contributed by atoms with Crippen molar-refractivity contribution in [3.05, 3.63) is 54.4 Å². The quantitative estimate of drug-likeness (QED) is 0.908. The van der Waals surface area contributed by atoms with Crippen molar-refractivity contribution in [2.75, 3.05) is 13.1 Å². The van der Waals surface area contributed by atoms with Crippen LogP contribution in [0.2, 0.25) is 0 Å². The number of likely N-dealkylation sites (tertiary alicyclic amines) is 1. The molecule has 1 aromatic carbocycles. The van der Waals surface area contributed by atoms with E-state index >= 15 is 0 Å². The number of piperidine rings is 1. The predicted molar refractivity (Wildman–Crippen MR) is 94.7 cm³/mol. The van der Waals surface area contributed by atoms with Crippen LogP contribution < -0.4 is 5.32 Å². The van der Waals surface area contributed by atoms with Crippen molar-refractivity contribution in [3.8, 4) is 0 Å². The maximum atomic E-state index is 12.8. The summed E-state index contributed by atoms with van der Waals surface area (Å²) in [7, 11) is 0. The molecular weight excluding hydrogens is 316 g/mol. The monoisotopic (exact) mass is 340 g/mol. The van der Waals surface area contributed by atoms with Gasteiger partial charge in [0.1, 0.15) is 0 Å². The molecular formula is C19H24N4O2. The lowest BCUT2D eigenvalue weighted by molar-refractivity contribution is -0.133. The van der Waals surface area contributed by atoms with E-state index in [2.05, 4.69) is 10.4 Å². The Morgan fingerprint density at radius 2 is 2.08 bits per heavy atom. The molecule has 3 rings (SSSR count). The fraction of sp³-hybridized carbons (Fsp3) is 0.421. The molecule has 0 spiro atoms. The van der Waals surface area contributed by atoms with Crippen molar-refractivity contribution in [3.63, 3.8) is 0 Å². The van der Waals surface area contributed by atoms with Crippen LogP contribution in [-0.4, -0.2) is 39.6 Å². The minimum atomic E-state index is -0.295. The van der Waals surface area contributed by atoms with Gasteiger partial charge in [-0.05, 0) is 24.5 Å². The first kappa shape index (κ1) is 17.2. The second-order valence-electron chi connectivity index (χ2n) is 6.49. The summed E-state index contributed by atoms with van der Waals surface area (Å²) >= 11 is 0. The first-order valence-electron chi connectivity index (χ1n) is 8.72. The van der Waals surface area contributed by atoms with Crippen LogP contribution in [0.4, 0.5) is 0 Å². The SMILES string of the molecule is CC(=O)N[C@H](CC(=O)N1CCC[C@H](n2cccn2)C1)c1ccccc1. The van der Waals surface area contributed by atoms with Crippen LogP contribution >= 0.6 is 0 Å². The van der Waals surface area contributed by atoms with Crippen LogP contribution in [0.1, 0.15) is 43.8 Å². The molecule has 0 unspecified atom stereocenters. The highest BCUT2D eigenvalue weighted by molar-refractivity contribution is 5.79. The molecule has 1 N–H and O–H groups in total. The number of aromatic nitrogens is 2. The van der Waals surface area contributed by atoms with Crippen LogP contribution in [-0.2, 0) is 9.59 Å². The van der Waals surface area contributed by atoms with Crippen molar-refractivity contribution in [1.29, 1.82) is 0 Å². The summed E-state index contributed by atoms with van der Waals surface area (Å²) in [5.74, 6) is -0.0609. The van der Waals surface area contributed by atoms with Crippen molar-refractivity contribution < 1.29 is 9.59 Å². The third-order valence-corrected chi connectivity index (χ3v) is 4.61. The van der Waals surface area contributed by atoms with E-state index in [1.807, 2.05) is 52.2 Å². The molecule has 25 heavy (non-hydrogen) atoms. The third-order valence-electron chi connectivity index (χ3n) is 4.61. The molecule has 1 aliphatic heterocycles. The lowest BCUT2D eigenvalue weighted by atomic mass is 10.0. The van der Waals surface area contributed by atoms with Gasteiger partial charge >= 0.3 is 0 Å². The lowest BCUT2D eigenvalue weighted by Crippen LogP contribution is -2.42. The standard InChI is InChI=1S/C19H24N4O2/c1-15(24)21-18(16-7-3-2-4-8-16)13-19(25)22-11-5-9-17(14-22)23-12-6-10-20-23/h2-4,6-8,10,12,17-18H,5,9,11,13-14H2,1H3,(H,21,24)/t17-,18+/m0/s1. The van der Waals surface area contributed by atoms with Gasteiger partial charge in [0, 0.05) is 32.4 Å². The summed E-state index contributed by atoms with van der Waals surface area (Å²) in [5.41, 5.74) is 0.951.